The highest BCUT2D eigenvalue weighted by molar-refractivity contribution is 9.10. The number of esters is 1. The van der Waals surface area contributed by atoms with E-state index in [1.54, 1.807) is 43.5 Å². The summed E-state index contributed by atoms with van der Waals surface area (Å²) in [5.41, 5.74) is 1.31. The van der Waals surface area contributed by atoms with E-state index >= 15 is 0 Å². The molecule has 7 heteroatoms. The molecular formula is C21H18BrNO5. The van der Waals surface area contributed by atoms with Gasteiger partial charge in [-0.3, -0.25) is 4.79 Å². The Kier molecular flexibility index (Phi) is 6.49. The Hall–Kier alpha value is -3.06. The minimum Gasteiger partial charge on any atom is -0.496 e. The lowest BCUT2D eigenvalue weighted by molar-refractivity contribution is -0.147. The van der Waals surface area contributed by atoms with E-state index < -0.39 is 17.9 Å². The summed E-state index contributed by atoms with van der Waals surface area (Å²) in [5, 5.41) is 2.66. The number of furan rings is 1. The Morgan fingerprint density at radius 2 is 1.89 bits per heavy atom. The van der Waals surface area contributed by atoms with E-state index in [9.17, 15) is 9.59 Å². The zero-order valence-electron chi connectivity index (χ0n) is 15.1. The Morgan fingerprint density at radius 3 is 2.57 bits per heavy atom. The number of nitrogens with one attached hydrogen (secondary N) is 1. The average molecular weight is 444 g/mol. The van der Waals surface area contributed by atoms with Gasteiger partial charge in [0.25, 0.3) is 5.91 Å². The van der Waals surface area contributed by atoms with Crippen molar-refractivity contribution in [2.45, 2.75) is 12.6 Å². The Morgan fingerprint density at radius 1 is 1.11 bits per heavy atom. The molecule has 1 N–H and O–H groups in total. The zero-order chi connectivity index (χ0) is 19.9. The number of methoxy groups -OCH3 is 1. The quantitative estimate of drug-likeness (QED) is 0.551. The van der Waals surface area contributed by atoms with Crippen LogP contribution in [-0.2, 0) is 16.1 Å². The molecule has 144 valence electrons. The highest BCUT2D eigenvalue weighted by atomic mass is 79.9. The molecule has 6 nitrogen and oxygen atoms in total. The van der Waals surface area contributed by atoms with Gasteiger partial charge in [0.15, 0.2) is 11.8 Å². The number of ether oxygens (including phenoxy) is 2. The second-order valence-electron chi connectivity index (χ2n) is 5.86. The van der Waals surface area contributed by atoms with Gasteiger partial charge in [-0.15, -0.1) is 0 Å². The molecule has 1 unspecified atom stereocenters. The smallest absolute Gasteiger partial charge is 0.333 e. The number of carbonyl (C=O) groups is 2. The minimum atomic E-state index is -0.975. The summed E-state index contributed by atoms with van der Waals surface area (Å²) in [5.74, 6) is -0.377. The fourth-order valence-corrected chi connectivity index (χ4v) is 3.03. The van der Waals surface area contributed by atoms with E-state index in [-0.39, 0.29) is 12.4 Å². The molecule has 0 radical (unpaired) electrons. The molecule has 3 rings (SSSR count). The highest BCUT2D eigenvalue weighted by Gasteiger charge is 2.26. The summed E-state index contributed by atoms with van der Waals surface area (Å²) >= 11 is 3.39. The molecule has 0 aliphatic carbocycles. The lowest BCUT2D eigenvalue weighted by Gasteiger charge is -2.18. The fraction of sp³-hybridized carbons (Fsp3) is 0.143. The molecule has 1 heterocycles. The van der Waals surface area contributed by atoms with Crippen molar-refractivity contribution in [3.63, 3.8) is 0 Å². The molecule has 0 saturated heterocycles. The predicted molar refractivity (Wildman–Crippen MR) is 106 cm³/mol. The first-order valence-corrected chi connectivity index (χ1v) is 9.26. The Balaban J connectivity index is 1.77. The first-order valence-electron chi connectivity index (χ1n) is 8.47. The van der Waals surface area contributed by atoms with Crippen LogP contribution in [0.5, 0.6) is 5.75 Å². The zero-order valence-corrected chi connectivity index (χ0v) is 16.6. The standard InChI is InChI=1S/C21H18BrNO5/c1-26-17-10-9-16(22)12-15(17)13-28-21(25)19(14-6-3-2-4-7-14)23-20(24)18-8-5-11-27-18/h2-12,19H,13H2,1H3,(H,23,24). The number of hydrogen-bond acceptors (Lipinski definition) is 5. The maximum Gasteiger partial charge on any atom is 0.333 e. The highest BCUT2D eigenvalue weighted by Crippen LogP contribution is 2.24. The third-order valence-electron chi connectivity index (χ3n) is 4.00. The normalized spacial score (nSPS) is 11.5. The molecular weight excluding hydrogens is 426 g/mol. The van der Waals surface area contributed by atoms with Crippen molar-refractivity contribution in [1.29, 1.82) is 0 Å². The largest absolute Gasteiger partial charge is 0.496 e. The third kappa shape index (κ3) is 4.80. The van der Waals surface area contributed by atoms with Gasteiger partial charge in [0.2, 0.25) is 0 Å². The van der Waals surface area contributed by atoms with E-state index in [0.717, 1.165) is 4.47 Å². The number of hydrogen-bond donors (Lipinski definition) is 1. The first-order chi connectivity index (χ1) is 13.6. The predicted octanol–water partition coefficient (Wildman–Crippen LogP) is 4.27. The maximum atomic E-state index is 12.8. The van der Waals surface area contributed by atoms with Gasteiger partial charge in [-0.05, 0) is 35.9 Å². The maximum absolute atomic E-state index is 12.8. The van der Waals surface area contributed by atoms with Crippen LogP contribution in [0.15, 0.2) is 75.8 Å². The molecule has 0 fully saturated rings. The minimum absolute atomic E-state index is 0.00139. The second-order valence-corrected chi connectivity index (χ2v) is 6.77. The number of benzene rings is 2. The topological polar surface area (TPSA) is 77.8 Å². The summed E-state index contributed by atoms with van der Waals surface area (Å²) in [6, 6.07) is 16.5. The van der Waals surface area contributed by atoms with Crippen LogP contribution >= 0.6 is 15.9 Å². The molecule has 28 heavy (non-hydrogen) atoms. The van der Waals surface area contributed by atoms with Crippen LogP contribution in [-0.4, -0.2) is 19.0 Å². The molecule has 3 aromatic rings. The number of halogens is 1. The van der Waals surface area contributed by atoms with Crippen LogP contribution in [0.3, 0.4) is 0 Å². The van der Waals surface area contributed by atoms with Crippen LogP contribution in [0.2, 0.25) is 0 Å². The average Bonchev–Trinajstić information content (AvgIpc) is 3.26. The van der Waals surface area contributed by atoms with Crippen molar-refractivity contribution in [2.75, 3.05) is 7.11 Å². The van der Waals surface area contributed by atoms with E-state index in [2.05, 4.69) is 21.2 Å². The van der Waals surface area contributed by atoms with E-state index in [4.69, 9.17) is 13.9 Å². The molecule has 2 aromatic carbocycles. The SMILES string of the molecule is COc1ccc(Br)cc1COC(=O)C(NC(=O)c1ccco1)c1ccccc1. The first kappa shape index (κ1) is 19.7. The van der Waals surface area contributed by atoms with Gasteiger partial charge in [-0.2, -0.15) is 0 Å². The second kappa shape index (κ2) is 9.23. The number of carbonyl (C=O) groups excluding carboxylic acids is 2. The van der Waals surface area contributed by atoms with Crippen LogP contribution in [0.4, 0.5) is 0 Å². The molecule has 1 amide bonds. The molecule has 0 saturated carbocycles. The van der Waals surface area contributed by atoms with Gasteiger partial charge < -0.3 is 19.2 Å². The van der Waals surface area contributed by atoms with Crippen molar-refractivity contribution in [3.8, 4) is 5.75 Å². The van der Waals surface area contributed by atoms with Crippen LogP contribution < -0.4 is 10.1 Å². The van der Waals surface area contributed by atoms with Crippen molar-refractivity contribution in [3.05, 3.63) is 88.3 Å². The third-order valence-corrected chi connectivity index (χ3v) is 4.49. The van der Waals surface area contributed by atoms with Crippen molar-refractivity contribution < 1.29 is 23.5 Å². The number of amides is 1. The fourth-order valence-electron chi connectivity index (χ4n) is 2.63. The monoisotopic (exact) mass is 443 g/mol. The Labute approximate surface area is 170 Å². The van der Waals surface area contributed by atoms with Gasteiger partial charge in [0.05, 0.1) is 13.4 Å². The summed E-state index contributed by atoms with van der Waals surface area (Å²) in [7, 11) is 1.55. The lowest BCUT2D eigenvalue weighted by atomic mass is 10.1. The molecule has 1 atom stereocenters. The van der Waals surface area contributed by atoms with Gasteiger partial charge in [-0.25, -0.2) is 4.79 Å². The summed E-state index contributed by atoms with van der Waals surface area (Å²) in [6.07, 6.45) is 1.39. The molecule has 0 bridgehead atoms. The molecule has 1 aromatic heterocycles. The van der Waals surface area contributed by atoms with Crippen LogP contribution in [0.1, 0.15) is 27.7 Å². The summed E-state index contributed by atoms with van der Waals surface area (Å²) in [6.45, 7) is 0.00139. The van der Waals surface area contributed by atoms with Gasteiger partial charge >= 0.3 is 5.97 Å². The summed E-state index contributed by atoms with van der Waals surface area (Å²) in [4.78, 5) is 25.2. The van der Waals surface area contributed by atoms with E-state index in [0.29, 0.717) is 16.9 Å². The van der Waals surface area contributed by atoms with Crippen molar-refractivity contribution in [1.82, 2.24) is 5.32 Å². The van der Waals surface area contributed by atoms with E-state index in [1.165, 1.54) is 12.3 Å². The molecule has 0 aliphatic heterocycles. The van der Waals surface area contributed by atoms with Crippen LogP contribution in [0.25, 0.3) is 0 Å². The van der Waals surface area contributed by atoms with Gasteiger partial charge in [0.1, 0.15) is 12.4 Å². The lowest BCUT2D eigenvalue weighted by Crippen LogP contribution is -2.34. The van der Waals surface area contributed by atoms with Crippen molar-refractivity contribution in [2.24, 2.45) is 0 Å². The number of rotatable bonds is 7. The van der Waals surface area contributed by atoms with Gasteiger partial charge in [-0.1, -0.05) is 46.3 Å². The van der Waals surface area contributed by atoms with Crippen molar-refractivity contribution >= 4 is 27.8 Å². The van der Waals surface area contributed by atoms with Gasteiger partial charge in [0, 0.05) is 10.0 Å². The Bertz CT molecular complexity index is 941. The van der Waals surface area contributed by atoms with Crippen LogP contribution in [0, 0.1) is 0 Å². The molecule has 0 aliphatic rings. The van der Waals surface area contributed by atoms with E-state index in [1.807, 2.05) is 18.2 Å². The molecule has 0 spiro atoms. The summed E-state index contributed by atoms with van der Waals surface area (Å²) < 4.78 is 16.7.